The van der Waals surface area contributed by atoms with Crippen molar-refractivity contribution in [3.05, 3.63) is 48.0 Å². The molecule has 1 atom stereocenters. The van der Waals surface area contributed by atoms with E-state index in [0.29, 0.717) is 5.56 Å². The minimum absolute atomic E-state index is 0.150. The quantitative estimate of drug-likeness (QED) is 0.845. The monoisotopic (exact) mass is 229 g/mol. The van der Waals surface area contributed by atoms with Gasteiger partial charge in [-0.1, -0.05) is 36.4 Å². The van der Waals surface area contributed by atoms with Gasteiger partial charge in [-0.3, -0.25) is 4.79 Å². The number of nitrogens with one attached hydrogen (secondary N) is 1. The van der Waals surface area contributed by atoms with Crippen molar-refractivity contribution in [2.75, 3.05) is 6.54 Å². The largest absolute Gasteiger partial charge is 0.392 e. The molecule has 0 fully saturated rings. The molecule has 0 saturated carbocycles. The van der Waals surface area contributed by atoms with E-state index in [4.69, 9.17) is 5.11 Å². The lowest BCUT2D eigenvalue weighted by Gasteiger charge is -2.09. The average molecular weight is 229 g/mol. The van der Waals surface area contributed by atoms with E-state index in [0.717, 1.165) is 10.8 Å². The summed E-state index contributed by atoms with van der Waals surface area (Å²) in [7, 11) is 0. The molecule has 0 spiro atoms. The average Bonchev–Trinajstić information content (AvgIpc) is 2.35. The Hall–Kier alpha value is -1.87. The maximum atomic E-state index is 11.9. The minimum atomic E-state index is -0.533. The Bertz CT molecular complexity index is 529. The number of carbonyl (C=O) groups is 1. The molecule has 0 saturated heterocycles. The second-order valence-electron chi connectivity index (χ2n) is 4.09. The van der Waals surface area contributed by atoms with Crippen LogP contribution in [0.25, 0.3) is 10.8 Å². The predicted molar refractivity (Wildman–Crippen MR) is 68.0 cm³/mol. The van der Waals surface area contributed by atoms with Crippen molar-refractivity contribution in [3.8, 4) is 0 Å². The molecule has 2 rings (SSSR count). The first-order chi connectivity index (χ1) is 8.18. The number of hydrogen-bond donors (Lipinski definition) is 2. The first-order valence-electron chi connectivity index (χ1n) is 5.62. The van der Waals surface area contributed by atoms with Crippen LogP contribution in [0, 0.1) is 0 Å². The lowest BCUT2D eigenvalue weighted by Crippen LogP contribution is -2.30. The first-order valence-corrected chi connectivity index (χ1v) is 5.62. The summed E-state index contributed by atoms with van der Waals surface area (Å²) in [6.07, 6.45) is -0.533. The summed E-state index contributed by atoms with van der Waals surface area (Å²) >= 11 is 0. The zero-order chi connectivity index (χ0) is 12.3. The van der Waals surface area contributed by atoms with Crippen LogP contribution in [0.3, 0.4) is 0 Å². The Kier molecular flexibility index (Phi) is 3.40. The molecule has 2 aromatic rings. The van der Waals surface area contributed by atoms with Crippen LogP contribution in [0.15, 0.2) is 42.5 Å². The van der Waals surface area contributed by atoms with E-state index in [1.807, 2.05) is 36.4 Å². The summed E-state index contributed by atoms with van der Waals surface area (Å²) in [5.74, 6) is -0.150. The first kappa shape index (κ1) is 11.6. The van der Waals surface area contributed by atoms with Crippen LogP contribution in [-0.2, 0) is 0 Å². The standard InChI is InChI=1S/C14H15NO2/c1-10(16)9-15-14(17)13-8-4-6-11-5-2-3-7-12(11)13/h2-8,10,16H,9H2,1H3,(H,15,17). The van der Waals surface area contributed by atoms with Gasteiger partial charge in [0.1, 0.15) is 0 Å². The Morgan fingerprint density at radius 3 is 2.71 bits per heavy atom. The topological polar surface area (TPSA) is 49.3 Å². The van der Waals surface area contributed by atoms with Gasteiger partial charge in [-0.05, 0) is 23.8 Å². The molecule has 0 aromatic heterocycles. The van der Waals surface area contributed by atoms with E-state index in [-0.39, 0.29) is 12.5 Å². The van der Waals surface area contributed by atoms with Crippen LogP contribution >= 0.6 is 0 Å². The van der Waals surface area contributed by atoms with Crippen molar-refractivity contribution in [1.82, 2.24) is 5.32 Å². The van der Waals surface area contributed by atoms with Gasteiger partial charge in [0.05, 0.1) is 6.10 Å². The number of hydrogen-bond acceptors (Lipinski definition) is 2. The summed E-state index contributed by atoms with van der Waals surface area (Å²) < 4.78 is 0. The molecule has 3 heteroatoms. The Morgan fingerprint density at radius 2 is 1.94 bits per heavy atom. The Morgan fingerprint density at radius 1 is 1.24 bits per heavy atom. The summed E-state index contributed by atoms with van der Waals surface area (Å²) in [5, 5.41) is 13.8. The van der Waals surface area contributed by atoms with Crippen molar-refractivity contribution in [2.24, 2.45) is 0 Å². The molecule has 0 radical (unpaired) electrons. The van der Waals surface area contributed by atoms with Gasteiger partial charge in [0.25, 0.3) is 5.91 Å². The van der Waals surface area contributed by atoms with Crippen molar-refractivity contribution in [3.63, 3.8) is 0 Å². The molecule has 0 bridgehead atoms. The molecule has 1 unspecified atom stereocenters. The van der Waals surface area contributed by atoms with Crippen LogP contribution in [0.4, 0.5) is 0 Å². The molecule has 0 aliphatic carbocycles. The van der Waals surface area contributed by atoms with Gasteiger partial charge in [0.2, 0.25) is 0 Å². The van der Waals surface area contributed by atoms with E-state index in [1.165, 1.54) is 0 Å². The third kappa shape index (κ3) is 2.63. The van der Waals surface area contributed by atoms with E-state index >= 15 is 0 Å². The highest BCUT2D eigenvalue weighted by molar-refractivity contribution is 6.06. The Labute approximate surface area is 100 Å². The summed E-state index contributed by atoms with van der Waals surface area (Å²) in [5.41, 5.74) is 0.642. The highest BCUT2D eigenvalue weighted by Crippen LogP contribution is 2.18. The lowest BCUT2D eigenvalue weighted by atomic mass is 10.0. The maximum absolute atomic E-state index is 11.9. The molecule has 88 valence electrons. The third-order valence-corrected chi connectivity index (χ3v) is 2.59. The second-order valence-corrected chi connectivity index (χ2v) is 4.09. The van der Waals surface area contributed by atoms with E-state index in [2.05, 4.69) is 5.32 Å². The van der Waals surface area contributed by atoms with Gasteiger partial charge >= 0.3 is 0 Å². The van der Waals surface area contributed by atoms with Crippen LogP contribution < -0.4 is 5.32 Å². The van der Waals surface area contributed by atoms with Crippen LogP contribution in [0.1, 0.15) is 17.3 Å². The van der Waals surface area contributed by atoms with Crippen molar-refractivity contribution >= 4 is 16.7 Å². The van der Waals surface area contributed by atoms with Gasteiger partial charge in [-0.25, -0.2) is 0 Å². The highest BCUT2D eigenvalue weighted by atomic mass is 16.3. The van der Waals surface area contributed by atoms with Crippen LogP contribution in [0.2, 0.25) is 0 Å². The molecule has 17 heavy (non-hydrogen) atoms. The molecule has 0 aliphatic rings. The third-order valence-electron chi connectivity index (χ3n) is 2.59. The molecule has 0 aliphatic heterocycles. The molecular formula is C14H15NO2. The van der Waals surface area contributed by atoms with E-state index in [1.54, 1.807) is 13.0 Å². The zero-order valence-corrected chi connectivity index (χ0v) is 9.68. The second kappa shape index (κ2) is 4.97. The van der Waals surface area contributed by atoms with Crippen molar-refractivity contribution in [1.29, 1.82) is 0 Å². The number of amides is 1. The van der Waals surface area contributed by atoms with Gasteiger partial charge in [-0.2, -0.15) is 0 Å². The van der Waals surface area contributed by atoms with E-state index < -0.39 is 6.10 Å². The number of rotatable bonds is 3. The Balaban J connectivity index is 2.32. The minimum Gasteiger partial charge on any atom is -0.392 e. The fourth-order valence-corrected chi connectivity index (χ4v) is 1.76. The van der Waals surface area contributed by atoms with Crippen LogP contribution in [-0.4, -0.2) is 23.7 Å². The lowest BCUT2D eigenvalue weighted by molar-refractivity contribution is 0.0925. The zero-order valence-electron chi connectivity index (χ0n) is 9.68. The fraction of sp³-hybridized carbons (Fsp3) is 0.214. The molecule has 3 nitrogen and oxygen atoms in total. The summed E-state index contributed by atoms with van der Waals surface area (Å²) in [4.78, 5) is 11.9. The van der Waals surface area contributed by atoms with E-state index in [9.17, 15) is 4.79 Å². The molecule has 2 N–H and O–H groups in total. The van der Waals surface area contributed by atoms with Gasteiger partial charge in [0, 0.05) is 12.1 Å². The van der Waals surface area contributed by atoms with Gasteiger partial charge in [0.15, 0.2) is 0 Å². The number of aliphatic hydroxyl groups is 1. The SMILES string of the molecule is CC(O)CNC(=O)c1cccc2ccccc12. The van der Waals surface area contributed by atoms with Crippen LogP contribution in [0.5, 0.6) is 0 Å². The summed E-state index contributed by atoms with van der Waals surface area (Å²) in [6, 6.07) is 13.4. The fourth-order valence-electron chi connectivity index (χ4n) is 1.76. The summed E-state index contributed by atoms with van der Waals surface area (Å²) in [6.45, 7) is 1.91. The maximum Gasteiger partial charge on any atom is 0.252 e. The number of carbonyl (C=O) groups excluding carboxylic acids is 1. The predicted octanol–water partition coefficient (Wildman–Crippen LogP) is 1.95. The molecule has 2 aromatic carbocycles. The smallest absolute Gasteiger partial charge is 0.252 e. The molecular weight excluding hydrogens is 214 g/mol. The van der Waals surface area contributed by atoms with Crippen molar-refractivity contribution < 1.29 is 9.90 Å². The number of fused-ring (bicyclic) bond motifs is 1. The number of aliphatic hydroxyl groups excluding tert-OH is 1. The normalized spacial score (nSPS) is 12.4. The molecule has 0 heterocycles. The van der Waals surface area contributed by atoms with Gasteiger partial charge in [-0.15, -0.1) is 0 Å². The van der Waals surface area contributed by atoms with Crippen molar-refractivity contribution in [2.45, 2.75) is 13.0 Å². The van der Waals surface area contributed by atoms with Gasteiger partial charge < -0.3 is 10.4 Å². The highest BCUT2D eigenvalue weighted by Gasteiger charge is 2.09. The number of benzene rings is 2. The molecule has 1 amide bonds.